The Morgan fingerprint density at radius 2 is 1.23 bits per heavy atom. The maximum Gasteiger partial charge on any atom is 0.314 e. The highest BCUT2D eigenvalue weighted by Crippen LogP contribution is 2.47. The minimum atomic E-state index is -0.641. The van der Waals surface area contributed by atoms with E-state index >= 15 is 0 Å². The molecule has 0 aliphatic heterocycles. The van der Waals surface area contributed by atoms with Crippen molar-refractivity contribution in [3.8, 4) is 28.0 Å². The standard InChI is InChI=1S/C35H46O4/c1-9-30(39-32(36)35(8,34(5,6)7)25-33(2,3)4)37-23-24-38-31-28(26-17-12-10-13-18-26)21-16-22-29(31)27-19-14-11-15-20-27/h10-22,30H,9,23-25H2,1-8H3. The van der Waals surface area contributed by atoms with E-state index in [1.54, 1.807) is 0 Å². The molecule has 4 heteroatoms. The van der Waals surface area contributed by atoms with Gasteiger partial charge in [0.1, 0.15) is 12.4 Å². The van der Waals surface area contributed by atoms with Gasteiger partial charge in [-0.25, -0.2) is 0 Å². The number of hydrogen-bond acceptors (Lipinski definition) is 4. The molecule has 0 fully saturated rings. The van der Waals surface area contributed by atoms with Crippen LogP contribution in [0.1, 0.15) is 68.2 Å². The first kappa shape index (κ1) is 30.4. The molecule has 2 unspecified atom stereocenters. The summed E-state index contributed by atoms with van der Waals surface area (Å²) in [5, 5.41) is 0. The van der Waals surface area contributed by atoms with Crippen LogP contribution in [-0.2, 0) is 14.3 Å². The first-order valence-electron chi connectivity index (χ1n) is 14.0. The van der Waals surface area contributed by atoms with Gasteiger partial charge >= 0.3 is 5.97 Å². The quantitative estimate of drug-likeness (QED) is 0.141. The molecular weight excluding hydrogens is 484 g/mol. The lowest BCUT2D eigenvalue weighted by Gasteiger charge is -2.43. The molecule has 3 aromatic rings. The molecule has 0 spiro atoms. The van der Waals surface area contributed by atoms with Crippen LogP contribution >= 0.6 is 0 Å². The van der Waals surface area contributed by atoms with Gasteiger partial charge < -0.3 is 14.2 Å². The summed E-state index contributed by atoms with van der Waals surface area (Å²) in [6, 6.07) is 26.7. The van der Waals surface area contributed by atoms with E-state index in [1.165, 1.54) is 0 Å². The number of esters is 1. The molecule has 0 amide bonds. The fourth-order valence-electron chi connectivity index (χ4n) is 4.89. The molecule has 0 aromatic heterocycles. The molecule has 0 radical (unpaired) electrons. The minimum Gasteiger partial charge on any atom is -0.490 e. The molecule has 2 atom stereocenters. The third-order valence-electron chi connectivity index (χ3n) is 7.38. The zero-order valence-electron chi connectivity index (χ0n) is 25.0. The van der Waals surface area contributed by atoms with Crippen LogP contribution in [0.4, 0.5) is 0 Å². The molecule has 0 heterocycles. The van der Waals surface area contributed by atoms with Gasteiger partial charge in [-0.15, -0.1) is 0 Å². The van der Waals surface area contributed by atoms with E-state index in [1.807, 2.05) is 50.2 Å². The Morgan fingerprint density at radius 1 is 0.718 bits per heavy atom. The van der Waals surface area contributed by atoms with Crippen molar-refractivity contribution in [2.24, 2.45) is 16.2 Å². The van der Waals surface area contributed by atoms with Crippen molar-refractivity contribution in [1.82, 2.24) is 0 Å². The topological polar surface area (TPSA) is 44.8 Å². The second-order valence-corrected chi connectivity index (χ2v) is 12.7. The summed E-state index contributed by atoms with van der Waals surface area (Å²) in [7, 11) is 0. The van der Waals surface area contributed by atoms with Crippen LogP contribution < -0.4 is 4.74 Å². The summed E-state index contributed by atoms with van der Waals surface area (Å²) in [6.45, 7) is 17.4. The summed E-state index contributed by atoms with van der Waals surface area (Å²) < 4.78 is 18.4. The van der Waals surface area contributed by atoms with Crippen molar-refractivity contribution in [1.29, 1.82) is 0 Å². The van der Waals surface area contributed by atoms with Gasteiger partial charge in [0.25, 0.3) is 0 Å². The Kier molecular flexibility index (Phi) is 10.0. The van der Waals surface area contributed by atoms with E-state index in [9.17, 15) is 4.79 Å². The lowest BCUT2D eigenvalue weighted by Crippen LogP contribution is -2.45. The smallest absolute Gasteiger partial charge is 0.314 e. The highest BCUT2D eigenvalue weighted by Gasteiger charge is 2.48. The van der Waals surface area contributed by atoms with Crippen molar-refractivity contribution in [2.75, 3.05) is 13.2 Å². The second-order valence-electron chi connectivity index (χ2n) is 12.7. The lowest BCUT2D eigenvalue weighted by atomic mass is 9.61. The molecule has 39 heavy (non-hydrogen) atoms. The van der Waals surface area contributed by atoms with Crippen LogP contribution in [0.2, 0.25) is 0 Å². The van der Waals surface area contributed by atoms with Gasteiger partial charge in [0.2, 0.25) is 6.29 Å². The van der Waals surface area contributed by atoms with Crippen LogP contribution in [0.3, 0.4) is 0 Å². The Bertz CT molecular complexity index is 1130. The summed E-state index contributed by atoms with van der Waals surface area (Å²) >= 11 is 0. The predicted molar refractivity (Wildman–Crippen MR) is 161 cm³/mol. The Balaban J connectivity index is 1.73. The van der Waals surface area contributed by atoms with Crippen LogP contribution in [0.5, 0.6) is 5.75 Å². The number of rotatable bonds is 11. The van der Waals surface area contributed by atoms with Crippen molar-refractivity contribution in [3.05, 3.63) is 78.9 Å². The van der Waals surface area contributed by atoms with Gasteiger partial charge in [0, 0.05) is 17.5 Å². The molecular formula is C35H46O4. The molecule has 0 bridgehead atoms. The van der Waals surface area contributed by atoms with E-state index in [0.29, 0.717) is 19.6 Å². The number of para-hydroxylation sites is 1. The summed E-state index contributed by atoms with van der Waals surface area (Å²) in [4.78, 5) is 13.5. The first-order chi connectivity index (χ1) is 18.4. The Labute approximate surface area is 235 Å². The summed E-state index contributed by atoms with van der Waals surface area (Å²) in [5.74, 6) is 0.604. The zero-order chi connectivity index (χ0) is 28.7. The van der Waals surface area contributed by atoms with Gasteiger partial charge in [-0.3, -0.25) is 4.79 Å². The molecule has 210 valence electrons. The second kappa shape index (κ2) is 12.8. The minimum absolute atomic E-state index is 0.0138. The first-order valence-corrected chi connectivity index (χ1v) is 14.0. The van der Waals surface area contributed by atoms with Crippen LogP contribution in [0, 0.1) is 16.2 Å². The van der Waals surface area contributed by atoms with Crippen molar-refractivity contribution in [2.45, 2.75) is 74.5 Å². The molecule has 0 saturated carbocycles. The Hall–Kier alpha value is -3.11. The van der Waals surface area contributed by atoms with Gasteiger partial charge in [-0.05, 0) is 35.3 Å². The highest BCUT2D eigenvalue weighted by molar-refractivity contribution is 5.82. The zero-order valence-corrected chi connectivity index (χ0v) is 25.0. The maximum absolute atomic E-state index is 13.5. The fourth-order valence-corrected chi connectivity index (χ4v) is 4.89. The van der Waals surface area contributed by atoms with Gasteiger partial charge in [-0.1, -0.05) is 127 Å². The molecule has 0 aliphatic carbocycles. The number of benzene rings is 3. The normalized spacial score (nSPS) is 14.4. The predicted octanol–water partition coefficient (Wildman–Crippen LogP) is 9.18. The van der Waals surface area contributed by atoms with Gasteiger partial charge in [0.05, 0.1) is 12.0 Å². The largest absolute Gasteiger partial charge is 0.490 e. The monoisotopic (exact) mass is 530 g/mol. The SMILES string of the molecule is CCC(OCCOc1c(-c2ccccc2)cccc1-c1ccccc1)OC(=O)C(C)(CC(C)(C)C)C(C)(C)C. The van der Waals surface area contributed by atoms with Crippen LogP contribution in [0.15, 0.2) is 78.9 Å². The molecule has 3 aromatic carbocycles. The van der Waals surface area contributed by atoms with Crippen molar-refractivity contribution in [3.63, 3.8) is 0 Å². The third kappa shape index (κ3) is 7.95. The summed E-state index contributed by atoms with van der Waals surface area (Å²) in [6.07, 6.45) is 0.665. The van der Waals surface area contributed by atoms with Crippen molar-refractivity contribution < 1.29 is 19.0 Å². The highest BCUT2D eigenvalue weighted by atomic mass is 16.7. The van der Waals surface area contributed by atoms with Crippen molar-refractivity contribution >= 4 is 5.97 Å². The van der Waals surface area contributed by atoms with E-state index in [-0.39, 0.29) is 16.8 Å². The van der Waals surface area contributed by atoms with Gasteiger partial charge in [0.15, 0.2) is 0 Å². The van der Waals surface area contributed by atoms with Gasteiger partial charge in [-0.2, -0.15) is 0 Å². The number of ether oxygens (including phenoxy) is 3. The number of carbonyl (C=O) groups is 1. The average molecular weight is 531 g/mol. The fraction of sp³-hybridized carbons (Fsp3) is 0.457. The van der Waals surface area contributed by atoms with Crippen LogP contribution in [0.25, 0.3) is 22.3 Å². The molecule has 0 aliphatic rings. The average Bonchev–Trinajstić information content (AvgIpc) is 2.89. The third-order valence-corrected chi connectivity index (χ3v) is 7.38. The number of carbonyl (C=O) groups excluding carboxylic acids is 1. The van der Waals surface area contributed by atoms with E-state index in [2.05, 4.69) is 84.0 Å². The van der Waals surface area contributed by atoms with E-state index < -0.39 is 11.7 Å². The molecule has 4 nitrogen and oxygen atoms in total. The van der Waals surface area contributed by atoms with E-state index in [0.717, 1.165) is 34.4 Å². The van der Waals surface area contributed by atoms with Crippen LogP contribution in [-0.4, -0.2) is 25.5 Å². The summed E-state index contributed by atoms with van der Waals surface area (Å²) in [5.41, 5.74) is 3.32. The molecule has 3 rings (SSSR count). The maximum atomic E-state index is 13.5. The molecule has 0 saturated heterocycles. The van der Waals surface area contributed by atoms with E-state index in [4.69, 9.17) is 14.2 Å². The lowest BCUT2D eigenvalue weighted by molar-refractivity contribution is -0.199. The molecule has 0 N–H and O–H groups in total. The number of hydrogen-bond donors (Lipinski definition) is 0. The Morgan fingerprint density at radius 3 is 1.67 bits per heavy atom.